The number of rotatable bonds is 4. The minimum Gasteiger partial charge on any atom is -0.507 e. The van der Waals surface area contributed by atoms with E-state index in [-0.39, 0.29) is 32.7 Å². The van der Waals surface area contributed by atoms with Gasteiger partial charge in [0.1, 0.15) is 5.76 Å². The second-order valence-electron chi connectivity index (χ2n) is 7.72. The molecule has 1 unspecified atom stereocenters. The van der Waals surface area contributed by atoms with Crippen molar-refractivity contribution < 1.29 is 19.4 Å². The van der Waals surface area contributed by atoms with E-state index < -0.39 is 17.7 Å². The fraction of sp³-hybridized carbons (Fsp3) is 0.160. The summed E-state index contributed by atoms with van der Waals surface area (Å²) in [5.74, 6) is -1.70. The van der Waals surface area contributed by atoms with Gasteiger partial charge in [-0.3, -0.25) is 19.5 Å². The molecule has 1 aromatic heterocycles. The summed E-state index contributed by atoms with van der Waals surface area (Å²) < 4.78 is 5.16. The molecule has 6 nitrogen and oxygen atoms in total. The second-order valence-corrected chi connectivity index (χ2v) is 8.53. The van der Waals surface area contributed by atoms with Crippen molar-refractivity contribution >= 4 is 46.3 Å². The topological polar surface area (TPSA) is 79.7 Å². The molecular weight excluding hydrogens is 463 g/mol. The lowest BCUT2D eigenvalue weighted by Crippen LogP contribution is -2.30. The smallest absolute Gasteiger partial charge is 0.300 e. The zero-order chi connectivity index (χ0) is 23.9. The fourth-order valence-corrected chi connectivity index (χ4v) is 4.60. The third-order valence-corrected chi connectivity index (χ3v) is 6.11. The van der Waals surface area contributed by atoms with Gasteiger partial charge in [0.05, 0.1) is 28.8 Å². The number of amides is 1. The maximum atomic E-state index is 13.3. The van der Waals surface area contributed by atoms with Crippen LogP contribution in [-0.2, 0) is 9.59 Å². The van der Waals surface area contributed by atoms with Crippen LogP contribution >= 0.6 is 23.2 Å². The van der Waals surface area contributed by atoms with E-state index in [1.54, 1.807) is 24.5 Å². The van der Waals surface area contributed by atoms with Crippen LogP contribution in [0.15, 0.2) is 60.4 Å². The van der Waals surface area contributed by atoms with Crippen LogP contribution in [0.4, 0.5) is 5.69 Å². The molecule has 0 bridgehead atoms. The zero-order valence-electron chi connectivity index (χ0n) is 18.1. The molecule has 0 radical (unpaired) electrons. The maximum Gasteiger partial charge on any atom is 0.300 e. The molecule has 33 heavy (non-hydrogen) atoms. The van der Waals surface area contributed by atoms with Gasteiger partial charge in [0.15, 0.2) is 5.75 Å². The number of nitrogens with zero attached hydrogens (tertiary/aromatic N) is 2. The van der Waals surface area contributed by atoms with Crippen LogP contribution in [0.25, 0.3) is 5.76 Å². The van der Waals surface area contributed by atoms with Crippen LogP contribution in [0.3, 0.4) is 0 Å². The van der Waals surface area contributed by atoms with Crippen molar-refractivity contribution in [2.75, 3.05) is 12.0 Å². The molecule has 4 rings (SSSR count). The predicted molar refractivity (Wildman–Crippen MR) is 128 cm³/mol. The number of aliphatic hydroxyl groups is 1. The minimum absolute atomic E-state index is 0.0776. The summed E-state index contributed by atoms with van der Waals surface area (Å²) in [5, 5.41) is 11.6. The van der Waals surface area contributed by atoms with Crippen LogP contribution in [0.1, 0.15) is 28.3 Å². The van der Waals surface area contributed by atoms with Gasteiger partial charge in [-0.2, -0.15) is 0 Å². The first-order chi connectivity index (χ1) is 15.7. The van der Waals surface area contributed by atoms with Gasteiger partial charge in [0, 0.05) is 23.6 Å². The first-order valence-electron chi connectivity index (χ1n) is 10.1. The Morgan fingerprint density at radius 1 is 1.09 bits per heavy atom. The Morgan fingerprint density at radius 2 is 1.79 bits per heavy atom. The molecule has 3 aromatic rings. The number of aryl methyl sites for hydroxylation is 2. The number of aromatic nitrogens is 1. The SMILES string of the molecule is COc1c(Cl)cc(/C(O)=C2\C(=O)C(=O)N(c3cc(C)ccc3C)C2c2cccnc2)cc1Cl. The summed E-state index contributed by atoms with van der Waals surface area (Å²) in [6, 6.07) is 11.1. The first-order valence-corrected chi connectivity index (χ1v) is 10.8. The van der Waals surface area contributed by atoms with Crippen LogP contribution in [0.2, 0.25) is 10.0 Å². The average Bonchev–Trinajstić information content (AvgIpc) is 3.06. The van der Waals surface area contributed by atoms with E-state index in [0.29, 0.717) is 11.3 Å². The third-order valence-electron chi connectivity index (χ3n) is 5.54. The van der Waals surface area contributed by atoms with Crippen LogP contribution in [-0.4, -0.2) is 28.9 Å². The van der Waals surface area contributed by atoms with Crippen molar-refractivity contribution in [3.8, 4) is 5.75 Å². The lowest BCUT2D eigenvalue weighted by Gasteiger charge is -2.27. The highest BCUT2D eigenvalue weighted by Crippen LogP contribution is 2.44. The number of aliphatic hydroxyl groups excluding tert-OH is 1. The summed E-state index contributed by atoms with van der Waals surface area (Å²) in [6.45, 7) is 3.76. The van der Waals surface area contributed by atoms with E-state index in [1.807, 2.05) is 32.0 Å². The van der Waals surface area contributed by atoms with Crippen LogP contribution in [0.5, 0.6) is 5.75 Å². The zero-order valence-corrected chi connectivity index (χ0v) is 19.6. The lowest BCUT2D eigenvalue weighted by atomic mass is 9.95. The number of ether oxygens (including phenoxy) is 1. The Bertz CT molecular complexity index is 1280. The summed E-state index contributed by atoms with van der Waals surface area (Å²) in [7, 11) is 1.42. The number of carbonyl (C=O) groups is 2. The summed E-state index contributed by atoms with van der Waals surface area (Å²) >= 11 is 12.5. The Morgan fingerprint density at radius 3 is 2.39 bits per heavy atom. The Hall–Kier alpha value is -3.35. The predicted octanol–water partition coefficient (Wildman–Crippen LogP) is 5.64. The first kappa shape index (κ1) is 22.8. The molecule has 168 valence electrons. The number of ketones is 1. The average molecular weight is 483 g/mol. The number of halogens is 2. The van der Waals surface area contributed by atoms with Gasteiger partial charge in [-0.05, 0) is 54.8 Å². The Labute approximate surface area is 201 Å². The highest BCUT2D eigenvalue weighted by molar-refractivity contribution is 6.52. The van der Waals surface area contributed by atoms with Crippen molar-refractivity contribution in [1.82, 2.24) is 4.98 Å². The molecule has 0 spiro atoms. The van der Waals surface area contributed by atoms with Crippen molar-refractivity contribution in [3.05, 3.63) is 92.7 Å². The third kappa shape index (κ3) is 3.96. The van der Waals surface area contributed by atoms with E-state index in [4.69, 9.17) is 27.9 Å². The molecule has 1 saturated heterocycles. The van der Waals surface area contributed by atoms with Crippen molar-refractivity contribution in [2.45, 2.75) is 19.9 Å². The normalized spacial score (nSPS) is 17.5. The number of anilines is 1. The summed E-state index contributed by atoms with van der Waals surface area (Å²) in [4.78, 5) is 32.1. The van der Waals surface area contributed by atoms with Gasteiger partial charge in [0.2, 0.25) is 0 Å². The molecule has 1 amide bonds. The van der Waals surface area contributed by atoms with Gasteiger partial charge in [-0.15, -0.1) is 0 Å². The van der Waals surface area contributed by atoms with Gasteiger partial charge in [-0.25, -0.2) is 0 Å². The van der Waals surface area contributed by atoms with Crippen molar-refractivity contribution in [3.63, 3.8) is 0 Å². The summed E-state index contributed by atoms with van der Waals surface area (Å²) in [5.41, 5.74) is 3.01. The molecule has 2 aromatic carbocycles. The van der Waals surface area contributed by atoms with Crippen LogP contribution in [0, 0.1) is 13.8 Å². The van der Waals surface area contributed by atoms with Gasteiger partial charge in [-0.1, -0.05) is 41.4 Å². The number of pyridine rings is 1. The molecule has 1 atom stereocenters. The number of hydrogen-bond donors (Lipinski definition) is 1. The van der Waals surface area contributed by atoms with E-state index >= 15 is 0 Å². The van der Waals surface area contributed by atoms with E-state index in [1.165, 1.54) is 24.1 Å². The maximum absolute atomic E-state index is 13.3. The van der Waals surface area contributed by atoms with E-state index in [9.17, 15) is 14.7 Å². The molecule has 0 aliphatic carbocycles. The molecule has 1 fully saturated rings. The number of hydrogen-bond acceptors (Lipinski definition) is 5. The highest BCUT2D eigenvalue weighted by atomic mass is 35.5. The van der Waals surface area contributed by atoms with E-state index in [2.05, 4.69) is 4.98 Å². The monoisotopic (exact) mass is 482 g/mol. The quantitative estimate of drug-likeness (QED) is 0.295. The minimum atomic E-state index is -0.890. The molecule has 1 N–H and O–H groups in total. The Balaban J connectivity index is 1.98. The van der Waals surface area contributed by atoms with Crippen molar-refractivity contribution in [2.24, 2.45) is 0 Å². The fourth-order valence-electron chi connectivity index (χ4n) is 3.96. The number of benzene rings is 2. The standard InChI is InChI=1S/C25H20Cl2N2O4/c1-13-6-7-14(2)19(9-13)29-21(15-5-4-8-28-12-15)20(23(31)25(29)32)22(30)16-10-17(26)24(33-3)18(27)11-16/h4-12,21,30H,1-3H3/b22-20+. The van der Waals surface area contributed by atoms with Crippen LogP contribution < -0.4 is 9.64 Å². The molecule has 8 heteroatoms. The number of carbonyl (C=O) groups excluding carboxylic acids is 2. The van der Waals surface area contributed by atoms with Gasteiger partial charge in [0.25, 0.3) is 11.7 Å². The molecular formula is C25H20Cl2N2O4. The molecule has 2 heterocycles. The molecule has 0 saturated carbocycles. The molecule has 1 aliphatic heterocycles. The van der Waals surface area contributed by atoms with Crippen molar-refractivity contribution in [1.29, 1.82) is 0 Å². The summed E-state index contributed by atoms with van der Waals surface area (Å²) in [6.07, 6.45) is 3.16. The largest absolute Gasteiger partial charge is 0.507 e. The number of Topliss-reactive ketones (excluding diaryl/α,β-unsaturated/α-hetero) is 1. The highest BCUT2D eigenvalue weighted by Gasteiger charge is 2.47. The Kier molecular flexibility index (Phi) is 6.15. The van der Waals surface area contributed by atoms with E-state index in [0.717, 1.165) is 11.1 Å². The van der Waals surface area contributed by atoms with Gasteiger partial charge < -0.3 is 9.84 Å². The molecule has 1 aliphatic rings. The number of methoxy groups -OCH3 is 1. The van der Waals surface area contributed by atoms with Gasteiger partial charge >= 0.3 is 0 Å². The lowest BCUT2D eigenvalue weighted by molar-refractivity contribution is -0.132. The second kappa shape index (κ2) is 8.89.